The van der Waals surface area contributed by atoms with Crippen LogP contribution in [0.25, 0.3) is 0 Å². The highest BCUT2D eigenvalue weighted by atomic mass is 16.5. The van der Waals surface area contributed by atoms with E-state index in [1.54, 1.807) is 0 Å². The minimum absolute atomic E-state index is 0.0319. The number of cyclic esters (lactones) is 1. The Morgan fingerprint density at radius 1 is 1.04 bits per heavy atom. The summed E-state index contributed by atoms with van der Waals surface area (Å²) in [7, 11) is 0. The van der Waals surface area contributed by atoms with Gasteiger partial charge >= 0.3 is 5.97 Å². The number of allylic oxidation sites excluding steroid dienone is 1. The molecule has 0 aromatic rings. The van der Waals surface area contributed by atoms with Gasteiger partial charge in [-0.1, -0.05) is 34.1 Å². The fraction of sp³-hybridized carbons (Fsp3) is 0.789. The molecule has 5 nitrogen and oxygen atoms in total. The SMILES string of the molecule is CC1CCC/C(O)=C(/O)CCOC(=O)CCC(C)(C)C(=O)C(C)C1. The molecular weight excluding hydrogens is 308 g/mol. The van der Waals surface area contributed by atoms with Gasteiger partial charge in [0.25, 0.3) is 0 Å². The van der Waals surface area contributed by atoms with Crippen LogP contribution in [0, 0.1) is 17.3 Å². The molecule has 24 heavy (non-hydrogen) atoms. The van der Waals surface area contributed by atoms with Gasteiger partial charge in [0, 0.05) is 30.6 Å². The molecule has 0 radical (unpaired) electrons. The third-order valence-electron chi connectivity index (χ3n) is 4.87. The maximum Gasteiger partial charge on any atom is 0.305 e. The summed E-state index contributed by atoms with van der Waals surface area (Å²) >= 11 is 0. The summed E-state index contributed by atoms with van der Waals surface area (Å²) in [5.74, 6) is -0.0167. The summed E-state index contributed by atoms with van der Waals surface area (Å²) in [6, 6.07) is 0. The van der Waals surface area contributed by atoms with Crippen LogP contribution in [0.3, 0.4) is 0 Å². The predicted molar refractivity (Wildman–Crippen MR) is 92.7 cm³/mol. The molecule has 2 atom stereocenters. The minimum Gasteiger partial charge on any atom is -0.509 e. The van der Waals surface area contributed by atoms with Crippen LogP contribution >= 0.6 is 0 Å². The van der Waals surface area contributed by atoms with E-state index in [1.165, 1.54) is 0 Å². The summed E-state index contributed by atoms with van der Waals surface area (Å²) < 4.78 is 5.08. The number of carbonyl (C=O) groups excluding carboxylic acids is 2. The average Bonchev–Trinajstić information content (AvgIpc) is 2.51. The predicted octanol–water partition coefficient (Wildman–Crippen LogP) is 4.47. The third kappa shape index (κ3) is 6.54. The number of Topliss-reactive ketones (excluding diaryl/α,β-unsaturated/α-hetero) is 1. The number of hydrogen-bond acceptors (Lipinski definition) is 5. The van der Waals surface area contributed by atoms with Crippen LogP contribution in [0.1, 0.15) is 72.6 Å². The van der Waals surface area contributed by atoms with Gasteiger partial charge < -0.3 is 14.9 Å². The molecule has 0 aromatic heterocycles. The molecule has 1 aliphatic rings. The highest BCUT2D eigenvalue weighted by molar-refractivity contribution is 5.86. The lowest BCUT2D eigenvalue weighted by Crippen LogP contribution is -2.31. The number of aliphatic hydroxyl groups is 2. The number of ether oxygens (including phenoxy) is 1. The Hall–Kier alpha value is -1.52. The number of carbonyl (C=O) groups is 2. The van der Waals surface area contributed by atoms with Crippen molar-refractivity contribution in [3.63, 3.8) is 0 Å². The fourth-order valence-electron chi connectivity index (χ4n) is 3.27. The summed E-state index contributed by atoms with van der Waals surface area (Å²) in [6.45, 7) is 7.87. The average molecular weight is 340 g/mol. The van der Waals surface area contributed by atoms with Crippen LogP contribution in [-0.4, -0.2) is 28.6 Å². The molecule has 0 aliphatic carbocycles. The Morgan fingerprint density at radius 3 is 2.33 bits per heavy atom. The minimum atomic E-state index is -0.546. The molecule has 0 saturated carbocycles. The largest absolute Gasteiger partial charge is 0.509 e. The summed E-state index contributed by atoms with van der Waals surface area (Å²) in [5, 5.41) is 19.6. The summed E-state index contributed by atoms with van der Waals surface area (Å²) in [6.07, 6.45) is 3.59. The first-order valence-corrected chi connectivity index (χ1v) is 8.93. The van der Waals surface area contributed by atoms with E-state index in [0.29, 0.717) is 18.8 Å². The lowest BCUT2D eigenvalue weighted by molar-refractivity contribution is -0.144. The first-order valence-electron chi connectivity index (χ1n) is 8.93. The normalized spacial score (nSPS) is 31.5. The summed E-state index contributed by atoms with van der Waals surface area (Å²) in [5.41, 5.74) is -0.546. The highest BCUT2D eigenvalue weighted by Gasteiger charge is 2.32. The van der Waals surface area contributed by atoms with Gasteiger partial charge in [-0.15, -0.1) is 0 Å². The van der Waals surface area contributed by atoms with E-state index in [1.807, 2.05) is 20.8 Å². The first-order chi connectivity index (χ1) is 11.1. The van der Waals surface area contributed by atoms with Crippen molar-refractivity contribution in [2.24, 2.45) is 17.3 Å². The second-order valence-electron chi connectivity index (χ2n) is 7.75. The van der Waals surface area contributed by atoms with Crippen LogP contribution < -0.4 is 0 Å². The number of ketones is 1. The van der Waals surface area contributed by atoms with Crippen molar-refractivity contribution in [1.82, 2.24) is 0 Å². The molecule has 5 heteroatoms. The maximum atomic E-state index is 12.7. The number of esters is 1. The maximum absolute atomic E-state index is 12.7. The molecule has 0 spiro atoms. The van der Waals surface area contributed by atoms with E-state index in [0.717, 1.165) is 19.3 Å². The van der Waals surface area contributed by atoms with Gasteiger partial charge in [0.2, 0.25) is 0 Å². The molecule has 0 saturated heterocycles. The topological polar surface area (TPSA) is 83.8 Å². The molecular formula is C19H32O5. The van der Waals surface area contributed by atoms with Crippen molar-refractivity contribution in [2.45, 2.75) is 72.6 Å². The third-order valence-corrected chi connectivity index (χ3v) is 4.87. The van der Waals surface area contributed by atoms with E-state index in [-0.39, 0.29) is 48.6 Å². The molecule has 1 rings (SSSR count). The van der Waals surface area contributed by atoms with Crippen molar-refractivity contribution < 1.29 is 24.5 Å². The van der Waals surface area contributed by atoms with Crippen molar-refractivity contribution in [1.29, 1.82) is 0 Å². The lowest BCUT2D eigenvalue weighted by Gasteiger charge is -2.27. The van der Waals surface area contributed by atoms with E-state index in [4.69, 9.17) is 4.74 Å². The molecule has 1 heterocycles. The van der Waals surface area contributed by atoms with Crippen LogP contribution in [0.5, 0.6) is 0 Å². The zero-order valence-electron chi connectivity index (χ0n) is 15.4. The molecule has 138 valence electrons. The standard InChI is InChI=1S/C19H32O5/c1-13-6-5-7-15(20)16(21)9-11-24-17(22)8-10-19(3,4)18(23)14(2)12-13/h13-14,20-21H,5-12H2,1-4H3/b16-15-. The molecule has 1 aliphatic heterocycles. The second-order valence-corrected chi connectivity index (χ2v) is 7.75. The van der Waals surface area contributed by atoms with Gasteiger partial charge in [-0.2, -0.15) is 0 Å². The van der Waals surface area contributed by atoms with Gasteiger partial charge in [-0.05, 0) is 25.2 Å². The molecule has 0 aromatic carbocycles. The van der Waals surface area contributed by atoms with Crippen molar-refractivity contribution in [3.8, 4) is 0 Å². The second kappa shape index (κ2) is 9.09. The Balaban J connectivity index is 2.82. The smallest absolute Gasteiger partial charge is 0.305 e. The molecule has 0 bridgehead atoms. The zero-order valence-corrected chi connectivity index (χ0v) is 15.4. The Bertz CT molecular complexity index is 478. The molecule has 2 unspecified atom stereocenters. The van der Waals surface area contributed by atoms with Gasteiger partial charge in [-0.3, -0.25) is 9.59 Å². The van der Waals surface area contributed by atoms with Gasteiger partial charge in [0.1, 0.15) is 17.3 Å². The first kappa shape index (κ1) is 20.5. The van der Waals surface area contributed by atoms with Gasteiger partial charge in [0.15, 0.2) is 0 Å². The van der Waals surface area contributed by atoms with Crippen LogP contribution in [-0.2, 0) is 14.3 Å². The van der Waals surface area contributed by atoms with E-state index < -0.39 is 5.41 Å². The van der Waals surface area contributed by atoms with E-state index in [2.05, 4.69) is 6.92 Å². The Labute approximate surface area is 145 Å². The quantitative estimate of drug-likeness (QED) is 0.636. The van der Waals surface area contributed by atoms with Gasteiger partial charge in [-0.25, -0.2) is 0 Å². The number of rotatable bonds is 0. The molecule has 0 fully saturated rings. The number of aliphatic hydroxyl groups excluding tert-OH is 2. The van der Waals surface area contributed by atoms with E-state index in [9.17, 15) is 19.8 Å². The Kier molecular flexibility index (Phi) is 7.77. The number of hydrogen-bond donors (Lipinski definition) is 2. The molecule has 2 N–H and O–H groups in total. The van der Waals surface area contributed by atoms with Crippen LogP contribution in [0.2, 0.25) is 0 Å². The lowest BCUT2D eigenvalue weighted by atomic mass is 9.75. The zero-order chi connectivity index (χ0) is 18.3. The van der Waals surface area contributed by atoms with Crippen molar-refractivity contribution >= 4 is 11.8 Å². The molecule has 0 amide bonds. The van der Waals surface area contributed by atoms with Crippen molar-refractivity contribution in [2.75, 3.05) is 6.61 Å². The summed E-state index contributed by atoms with van der Waals surface area (Å²) in [4.78, 5) is 24.5. The van der Waals surface area contributed by atoms with Gasteiger partial charge in [0.05, 0.1) is 6.61 Å². The Morgan fingerprint density at radius 2 is 1.67 bits per heavy atom. The fourth-order valence-corrected chi connectivity index (χ4v) is 3.27. The van der Waals surface area contributed by atoms with Crippen molar-refractivity contribution in [3.05, 3.63) is 11.5 Å². The monoisotopic (exact) mass is 340 g/mol. The highest BCUT2D eigenvalue weighted by Crippen LogP contribution is 2.31. The van der Waals surface area contributed by atoms with Crippen LogP contribution in [0.4, 0.5) is 0 Å². The van der Waals surface area contributed by atoms with E-state index >= 15 is 0 Å². The van der Waals surface area contributed by atoms with Crippen LogP contribution in [0.15, 0.2) is 11.5 Å².